The van der Waals surface area contributed by atoms with Crippen LogP contribution < -0.4 is 4.74 Å². The number of hydrogen-bond donors (Lipinski definition) is 1. The number of halogens is 1. The molecule has 0 radical (unpaired) electrons. The van der Waals surface area contributed by atoms with Gasteiger partial charge in [0.25, 0.3) is 0 Å². The maximum absolute atomic E-state index is 10.2. The summed E-state index contributed by atoms with van der Waals surface area (Å²) >= 11 is 8.05. The van der Waals surface area contributed by atoms with E-state index in [1.807, 2.05) is 6.07 Å². The summed E-state index contributed by atoms with van der Waals surface area (Å²) < 4.78 is 4.54. The number of ether oxygens (including phenoxy) is 1. The van der Waals surface area contributed by atoms with Crippen LogP contribution in [-0.2, 0) is 0 Å². The number of nitriles is 1. The standard InChI is InChI=1S/C7H5ClO2.CHNS/c8-7(9)10-6-4-2-1-3-5-6;2-1-3/h1-5H;3H. The molecule has 0 bridgehead atoms. The molecule has 3 nitrogen and oxygen atoms in total. The van der Waals surface area contributed by atoms with Crippen LogP contribution in [0.5, 0.6) is 5.75 Å². The van der Waals surface area contributed by atoms with E-state index in [2.05, 4.69) is 17.4 Å². The minimum Gasteiger partial charge on any atom is -0.415 e. The normalized spacial score (nSPS) is 7.46. The van der Waals surface area contributed by atoms with E-state index in [1.54, 1.807) is 24.3 Å². The third-order valence-corrected chi connectivity index (χ3v) is 1.02. The van der Waals surface area contributed by atoms with E-state index >= 15 is 0 Å². The minimum absolute atomic E-state index is 0.461. The maximum atomic E-state index is 10.2. The average Bonchev–Trinajstić information content (AvgIpc) is 2.06. The quantitative estimate of drug-likeness (QED) is 0.445. The van der Waals surface area contributed by atoms with Crippen LogP contribution in [0.3, 0.4) is 0 Å². The fourth-order valence-corrected chi connectivity index (χ4v) is 0.670. The third kappa shape index (κ3) is 7.19. The van der Waals surface area contributed by atoms with Gasteiger partial charge in [-0.05, 0) is 12.1 Å². The number of nitrogens with zero attached hydrogens (tertiary/aromatic N) is 1. The third-order valence-electron chi connectivity index (χ3n) is 0.941. The van der Waals surface area contributed by atoms with Gasteiger partial charge in [-0.3, -0.25) is 0 Å². The summed E-state index contributed by atoms with van der Waals surface area (Å²) in [5.41, 5.74) is -0.814. The number of thiocyanates is 1. The van der Waals surface area contributed by atoms with Crippen LogP contribution in [-0.4, -0.2) is 5.43 Å². The summed E-state index contributed by atoms with van der Waals surface area (Å²) in [6.07, 6.45) is 0. The number of carbonyl (C=O) groups excluding carboxylic acids is 1. The number of para-hydroxylation sites is 1. The highest BCUT2D eigenvalue weighted by Gasteiger charge is 1.95. The van der Waals surface area contributed by atoms with E-state index in [9.17, 15) is 4.79 Å². The van der Waals surface area contributed by atoms with Crippen LogP contribution in [0.25, 0.3) is 0 Å². The Labute approximate surface area is 86.3 Å². The van der Waals surface area contributed by atoms with Gasteiger partial charge in [0, 0.05) is 11.6 Å². The molecule has 0 aliphatic carbocycles. The Bertz CT molecular complexity index is 297. The van der Waals surface area contributed by atoms with Gasteiger partial charge in [0.1, 0.15) is 11.2 Å². The van der Waals surface area contributed by atoms with Crippen molar-refractivity contribution in [3.63, 3.8) is 0 Å². The molecule has 0 atom stereocenters. The van der Waals surface area contributed by atoms with E-state index < -0.39 is 5.43 Å². The van der Waals surface area contributed by atoms with Gasteiger partial charge >= 0.3 is 5.43 Å². The molecular weight excluding hydrogens is 210 g/mol. The molecule has 5 heteroatoms. The highest BCUT2D eigenvalue weighted by atomic mass is 35.5. The lowest BCUT2D eigenvalue weighted by Crippen LogP contribution is -1.94. The molecular formula is C8H6ClNO2S. The van der Waals surface area contributed by atoms with Crippen LogP contribution in [0.15, 0.2) is 30.3 Å². The number of hydrogen-bond acceptors (Lipinski definition) is 4. The molecule has 0 fully saturated rings. The van der Waals surface area contributed by atoms with Crippen molar-refractivity contribution in [1.29, 1.82) is 5.26 Å². The second-order valence-corrected chi connectivity index (χ2v) is 2.26. The molecule has 0 aliphatic heterocycles. The first-order valence-electron chi connectivity index (χ1n) is 3.16. The minimum atomic E-state index is -0.814. The molecule has 0 heterocycles. The van der Waals surface area contributed by atoms with Gasteiger partial charge in [0.2, 0.25) is 0 Å². The molecule has 0 N–H and O–H groups in total. The van der Waals surface area contributed by atoms with Gasteiger partial charge in [-0.15, -0.1) is 0 Å². The van der Waals surface area contributed by atoms with Gasteiger partial charge in [-0.2, -0.15) is 5.26 Å². The number of rotatable bonds is 1. The Morgan fingerprint density at radius 2 is 1.92 bits per heavy atom. The van der Waals surface area contributed by atoms with Gasteiger partial charge < -0.3 is 4.74 Å². The lowest BCUT2D eigenvalue weighted by molar-refractivity contribution is 0.225. The van der Waals surface area contributed by atoms with Crippen molar-refractivity contribution in [1.82, 2.24) is 0 Å². The summed E-state index contributed by atoms with van der Waals surface area (Å²) in [5.74, 6) is 0.461. The maximum Gasteiger partial charge on any atom is 0.409 e. The molecule has 0 aliphatic rings. The fourth-order valence-electron chi connectivity index (χ4n) is 0.581. The summed E-state index contributed by atoms with van der Waals surface area (Å²) in [5, 5.41) is 8.63. The molecule has 0 aromatic heterocycles. The Balaban J connectivity index is 0.000000424. The van der Waals surface area contributed by atoms with E-state index in [-0.39, 0.29) is 0 Å². The van der Waals surface area contributed by atoms with Crippen LogP contribution in [0, 0.1) is 10.7 Å². The molecule has 0 unspecified atom stereocenters. The Kier molecular flexibility index (Phi) is 6.79. The zero-order chi connectivity index (χ0) is 10.1. The van der Waals surface area contributed by atoms with Crippen molar-refractivity contribution in [3.8, 4) is 11.2 Å². The Morgan fingerprint density at radius 3 is 2.31 bits per heavy atom. The van der Waals surface area contributed by atoms with Crippen molar-refractivity contribution in [2.75, 3.05) is 0 Å². The first-order valence-corrected chi connectivity index (χ1v) is 3.98. The predicted molar refractivity (Wildman–Crippen MR) is 52.9 cm³/mol. The van der Waals surface area contributed by atoms with E-state index in [0.717, 1.165) is 0 Å². The molecule has 13 heavy (non-hydrogen) atoms. The van der Waals surface area contributed by atoms with Crippen molar-refractivity contribution in [3.05, 3.63) is 30.3 Å². The van der Waals surface area contributed by atoms with Gasteiger partial charge in [0.15, 0.2) is 0 Å². The second kappa shape index (κ2) is 7.47. The summed E-state index contributed by atoms with van der Waals surface area (Å²) in [4.78, 5) is 10.2. The monoisotopic (exact) mass is 215 g/mol. The predicted octanol–water partition coefficient (Wildman–Crippen LogP) is 2.82. The summed E-state index contributed by atoms with van der Waals surface area (Å²) in [6.45, 7) is 0. The van der Waals surface area contributed by atoms with Crippen molar-refractivity contribution in [2.24, 2.45) is 0 Å². The first-order chi connectivity index (χ1) is 6.20. The zero-order valence-corrected chi connectivity index (χ0v) is 8.13. The Hall–Kier alpha value is -1.18. The average molecular weight is 216 g/mol. The molecule has 0 saturated heterocycles. The molecule has 0 amide bonds. The fraction of sp³-hybridized carbons (Fsp3) is 0. The van der Waals surface area contributed by atoms with E-state index in [1.165, 1.54) is 5.40 Å². The van der Waals surface area contributed by atoms with E-state index in [0.29, 0.717) is 5.75 Å². The van der Waals surface area contributed by atoms with Crippen LogP contribution >= 0.6 is 24.2 Å². The lowest BCUT2D eigenvalue weighted by atomic mass is 10.3. The van der Waals surface area contributed by atoms with Crippen LogP contribution in [0.1, 0.15) is 0 Å². The van der Waals surface area contributed by atoms with Crippen molar-refractivity contribution < 1.29 is 9.53 Å². The molecule has 0 spiro atoms. The van der Waals surface area contributed by atoms with Crippen molar-refractivity contribution >= 4 is 29.7 Å². The lowest BCUT2D eigenvalue weighted by Gasteiger charge is -1.95. The SMILES string of the molecule is N#CS.O=C(Cl)Oc1ccccc1. The summed E-state index contributed by atoms with van der Waals surface area (Å²) in [7, 11) is 0. The highest BCUT2D eigenvalue weighted by molar-refractivity contribution is 7.85. The molecule has 0 saturated carbocycles. The molecule has 1 aromatic rings. The van der Waals surface area contributed by atoms with Gasteiger partial charge in [0.05, 0.1) is 0 Å². The first kappa shape index (κ1) is 11.8. The van der Waals surface area contributed by atoms with E-state index in [4.69, 9.17) is 16.9 Å². The largest absolute Gasteiger partial charge is 0.415 e. The van der Waals surface area contributed by atoms with Gasteiger partial charge in [-0.25, -0.2) is 4.79 Å². The number of carbonyl (C=O) groups is 1. The van der Waals surface area contributed by atoms with Crippen molar-refractivity contribution in [2.45, 2.75) is 0 Å². The van der Waals surface area contributed by atoms with Crippen LogP contribution in [0.2, 0.25) is 0 Å². The number of benzene rings is 1. The molecule has 1 rings (SSSR count). The topological polar surface area (TPSA) is 50.1 Å². The van der Waals surface area contributed by atoms with Gasteiger partial charge in [-0.1, -0.05) is 30.8 Å². The molecule has 1 aromatic carbocycles. The van der Waals surface area contributed by atoms with Crippen LogP contribution in [0.4, 0.5) is 4.79 Å². The number of thiol groups is 1. The summed E-state index contributed by atoms with van der Waals surface area (Å²) in [6, 6.07) is 8.65. The second-order valence-electron chi connectivity index (χ2n) is 1.75. The zero-order valence-electron chi connectivity index (χ0n) is 6.48. The Morgan fingerprint density at radius 1 is 1.46 bits per heavy atom. The smallest absolute Gasteiger partial charge is 0.409 e. The highest BCUT2D eigenvalue weighted by Crippen LogP contribution is 2.09. The molecule has 68 valence electrons.